The number of aryl methyl sites for hydroxylation is 3. The van der Waals surface area contributed by atoms with Gasteiger partial charge in [0, 0.05) is 50.1 Å². The Kier molecular flexibility index (Phi) is 6.99. The highest BCUT2D eigenvalue weighted by Crippen LogP contribution is 2.18. The van der Waals surface area contributed by atoms with E-state index in [1.54, 1.807) is 0 Å². The molecule has 7 nitrogen and oxygen atoms in total. The molecular weight excluding hydrogens is 416 g/mol. The van der Waals surface area contributed by atoms with Crippen molar-refractivity contribution in [1.82, 2.24) is 19.9 Å². The van der Waals surface area contributed by atoms with Gasteiger partial charge < -0.3 is 9.42 Å². The molecule has 0 atom stereocenters. The van der Waals surface area contributed by atoms with Gasteiger partial charge in [-0.05, 0) is 38.0 Å². The maximum Gasteiger partial charge on any atom is 0.241 e. The van der Waals surface area contributed by atoms with E-state index in [2.05, 4.69) is 15.0 Å². The van der Waals surface area contributed by atoms with Crippen LogP contribution in [0.2, 0.25) is 0 Å². The monoisotopic (exact) mass is 446 g/mol. The van der Waals surface area contributed by atoms with Crippen LogP contribution < -0.4 is 0 Å². The highest BCUT2D eigenvalue weighted by atomic mass is 16.5. The molecule has 0 saturated carbocycles. The first-order chi connectivity index (χ1) is 15.9. The third-order valence-electron chi connectivity index (χ3n) is 6.26. The number of piperazine rings is 1. The normalized spacial score (nSPS) is 14.5. The fourth-order valence-electron chi connectivity index (χ4n) is 3.92. The molecule has 1 aliphatic rings. The number of benzene rings is 2. The lowest BCUT2D eigenvalue weighted by molar-refractivity contribution is -0.133. The topological polar surface area (TPSA) is 79.5 Å². The third kappa shape index (κ3) is 5.73. The van der Waals surface area contributed by atoms with Crippen LogP contribution in [-0.4, -0.2) is 57.8 Å². The minimum absolute atomic E-state index is 0.0193. The highest BCUT2D eigenvalue weighted by molar-refractivity contribution is 5.98. The lowest BCUT2D eigenvalue weighted by atomic mass is 10.0. The maximum atomic E-state index is 12.6. The number of carbonyl (C=O) groups excluding carboxylic acids is 2. The van der Waals surface area contributed by atoms with E-state index in [0.717, 1.165) is 29.8 Å². The summed E-state index contributed by atoms with van der Waals surface area (Å²) in [5, 5.41) is 4.09. The van der Waals surface area contributed by atoms with Gasteiger partial charge in [-0.1, -0.05) is 47.1 Å². The minimum atomic E-state index is 0.0193. The van der Waals surface area contributed by atoms with Crippen LogP contribution >= 0.6 is 0 Å². The standard InChI is InChI=1S/C26H30N4O3/c1-18-4-7-21(8-5-18)26-27-24(33-28-26)17-29-12-14-30(15-13-29)25(32)11-10-23(31)22-9-6-19(2)20(3)16-22/h4-9,16H,10-15,17H2,1-3H3. The van der Waals surface area contributed by atoms with E-state index < -0.39 is 0 Å². The van der Waals surface area contributed by atoms with Crippen molar-refractivity contribution < 1.29 is 14.1 Å². The summed E-state index contributed by atoms with van der Waals surface area (Å²) < 4.78 is 5.43. The third-order valence-corrected chi connectivity index (χ3v) is 6.26. The van der Waals surface area contributed by atoms with Gasteiger partial charge in [0.25, 0.3) is 0 Å². The van der Waals surface area contributed by atoms with E-state index in [1.165, 1.54) is 5.56 Å². The van der Waals surface area contributed by atoms with Gasteiger partial charge in [0.15, 0.2) is 5.78 Å². The fraction of sp³-hybridized carbons (Fsp3) is 0.385. The van der Waals surface area contributed by atoms with Crippen molar-refractivity contribution in [3.8, 4) is 11.4 Å². The molecule has 2 aromatic carbocycles. The molecule has 1 fully saturated rings. The first kappa shape index (κ1) is 22.9. The number of carbonyl (C=O) groups is 2. The Morgan fingerprint density at radius 3 is 2.33 bits per heavy atom. The zero-order valence-electron chi connectivity index (χ0n) is 19.5. The number of rotatable bonds is 7. The largest absolute Gasteiger partial charge is 0.340 e. The molecule has 0 bridgehead atoms. The molecule has 1 amide bonds. The zero-order valence-corrected chi connectivity index (χ0v) is 19.5. The summed E-state index contributed by atoms with van der Waals surface area (Å²) in [4.78, 5) is 33.6. The van der Waals surface area contributed by atoms with Crippen LogP contribution in [0.5, 0.6) is 0 Å². The number of nitrogens with zero attached hydrogens (tertiary/aromatic N) is 4. The Morgan fingerprint density at radius 1 is 0.909 bits per heavy atom. The van der Waals surface area contributed by atoms with E-state index in [9.17, 15) is 9.59 Å². The lowest BCUT2D eigenvalue weighted by Gasteiger charge is -2.34. The van der Waals surface area contributed by atoms with Gasteiger partial charge in [0.05, 0.1) is 6.54 Å². The lowest BCUT2D eigenvalue weighted by Crippen LogP contribution is -2.48. The van der Waals surface area contributed by atoms with Crippen LogP contribution in [0.4, 0.5) is 0 Å². The summed E-state index contributed by atoms with van der Waals surface area (Å²) in [6.07, 6.45) is 0.487. The van der Waals surface area contributed by atoms with E-state index in [1.807, 2.05) is 68.1 Å². The maximum absolute atomic E-state index is 12.6. The van der Waals surface area contributed by atoms with Crippen molar-refractivity contribution in [3.05, 3.63) is 70.6 Å². The van der Waals surface area contributed by atoms with E-state index >= 15 is 0 Å². The van der Waals surface area contributed by atoms with Crippen molar-refractivity contribution >= 4 is 11.7 Å². The molecule has 1 aromatic heterocycles. The molecule has 172 valence electrons. The number of Topliss-reactive ketones (excluding diaryl/α,β-unsaturated/α-hetero) is 1. The molecule has 3 aromatic rings. The first-order valence-corrected chi connectivity index (χ1v) is 11.4. The van der Waals surface area contributed by atoms with Crippen molar-refractivity contribution in [3.63, 3.8) is 0 Å². The molecule has 0 aliphatic carbocycles. The average molecular weight is 447 g/mol. The van der Waals surface area contributed by atoms with Gasteiger partial charge in [-0.25, -0.2) is 0 Å². The SMILES string of the molecule is Cc1ccc(-c2noc(CN3CCN(C(=O)CCC(=O)c4ccc(C)c(C)c4)CC3)n2)cc1. The second-order valence-corrected chi connectivity index (χ2v) is 8.76. The Labute approximate surface area is 194 Å². The predicted molar refractivity (Wildman–Crippen MR) is 126 cm³/mol. The molecule has 0 unspecified atom stereocenters. The minimum Gasteiger partial charge on any atom is -0.340 e. The molecule has 4 rings (SSSR count). The van der Waals surface area contributed by atoms with Gasteiger partial charge in [-0.15, -0.1) is 0 Å². The van der Waals surface area contributed by atoms with Crippen LogP contribution in [0.25, 0.3) is 11.4 Å². The smallest absolute Gasteiger partial charge is 0.241 e. The van der Waals surface area contributed by atoms with Crippen LogP contribution in [0.3, 0.4) is 0 Å². The van der Waals surface area contributed by atoms with E-state index in [-0.39, 0.29) is 24.5 Å². The Morgan fingerprint density at radius 2 is 1.64 bits per heavy atom. The van der Waals surface area contributed by atoms with Crippen molar-refractivity contribution in [2.45, 2.75) is 40.2 Å². The highest BCUT2D eigenvalue weighted by Gasteiger charge is 2.23. The summed E-state index contributed by atoms with van der Waals surface area (Å²) >= 11 is 0. The van der Waals surface area contributed by atoms with Crippen LogP contribution in [0, 0.1) is 20.8 Å². The molecular formula is C26H30N4O3. The molecule has 0 spiro atoms. The van der Waals surface area contributed by atoms with E-state index in [4.69, 9.17) is 4.52 Å². The number of aromatic nitrogens is 2. The Hall–Kier alpha value is -3.32. The summed E-state index contributed by atoms with van der Waals surface area (Å²) in [5.41, 5.74) is 5.05. The van der Waals surface area contributed by atoms with Crippen molar-refractivity contribution in [2.24, 2.45) is 0 Å². The molecule has 33 heavy (non-hydrogen) atoms. The Bertz CT molecular complexity index is 1130. The molecule has 7 heteroatoms. The summed E-state index contributed by atoms with van der Waals surface area (Å²) in [6.45, 7) is 9.36. The van der Waals surface area contributed by atoms with Crippen LogP contribution in [0.1, 0.15) is 45.8 Å². The van der Waals surface area contributed by atoms with Crippen LogP contribution in [0.15, 0.2) is 47.0 Å². The van der Waals surface area contributed by atoms with Gasteiger partial charge in [0.2, 0.25) is 17.6 Å². The molecule has 1 saturated heterocycles. The quantitative estimate of drug-likeness (QED) is 0.511. The van der Waals surface area contributed by atoms with Gasteiger partial charge in [-0.3, -0.25) is 14.5 Å². The number of ketones is 1. The summed E-state index contributed by atoms with van der Waals surface area (Å²) in [7, 11) is 0. The second kappa shape index (κ2) is 10.1. The molecule has 2 heterocycles. The summed E-state index contributed by atoms with van der Waals surface area (Å²) in [6, 6.07) is 13.7. The average Bonchev–Trinajstić information content (AvgIpc) is 3.28. The van der Waals surface area contributed by atoms with Gasteiger partial charge >= 0.3 is 0 Å². The second-order valence-electron chi connectivity index (χ2n) is 8.76. The first-order valence-electron chi connectivity index (χ1n) is 11.4. The molecule has 0 N–H and O–H groups in total. The molecule has 1 aliphatic heterocycles. The van der Waals surface area contributed by atoms with Gasteiger partial charge in [0.1, 0.15) is 0 Å². The number of amides is 1. The van der Waals surface area contributed by atoms with E-state index in [0.29, 0.717) is 36.9 Å². The van der Waals surface area contributed by atoms with Crippen LogP contribution in [-0.2, 0) is 11.3 Å². The zero-order chi connectivity index (χ0) is 23.4. The number of hydrogen-bond acceptors (Lipinski definition) is 6. The predicted octanol–water partition coefficient (Wildman–Crippen LogP) is 3.97. The summed E-state index contributed by atoms with van der Waals surface area (Å²) in [5.74, 6) is 1.22. The Balaban J connectivity index is 1.23. The molecule has 0 radical (unpaired) electrons. The fourth-order valence-corrected chi connectivity index (χ4v) is 3.92. The van der Waals surface area contributed by atoms with Crippen molar-refractivity contribution in [1.29, 1.82) is 0 Å². The van der Waals surface area contributed by atoms with Gasteiger partial charge in [-0.2, -0.15) is 4.98 Å². The van der Waals surface area contributed by atoms with Crippen molar-refractivity contribution in [2.75, 3.05) is 26.2 Å². The number of hydrogen-bond donors (Lipinski definition) is 0.